The van der Waals surface area contributed by atoms with Crippen molar-refractivity contribution in [2.24, 2.45) is 0 Å². The number of carbonyl (C=O) groups is 1. The maximum Gasteiger partial charge on any atom is 0.328 e. The minimum atomic E-state index is -0.855. The van der Waals surface area contributed by atoms with Crippen LogP contribution in [0.2, 0.25) is 10.0 Å². The average Bonchev–Trinajstić information content (AvgIpc) is 3.33. The van der Waals surface area contributed by atoms with Gasteiger partial charge in [-0.3, -0.25) is 10.1 Å². The number of methoxy groups -OCH3 is 2. The molecule has 1 unspecified atom stereocenters. The van der Waals surface area contributed by atoms with E-state index >= 15 is 0 Å². The second-order valence-corrected chi connectivity index (χ2v) is 8.89. The van der Waals surface area contributed by atoms with Gasteiger partial charge >= 0.3 is 6.01 Å². The van der Waals surface area contributed by atoms with Crippen molar-refractivity contribution in [2.45, 2.75) is 13.0 Å². The minimum Gasteiger partial charge on any atom is -0.481 e. The van der Waals surface area contributed by atoms with Gasteiger partial charge in [0.25, 0.3) is 5.91 Å². The number of rotatable bonds is 9. The highest BCUT2D eigenvalue weighted by Gasteiger charge is 2.20. The summed E-state index contributed by atoms with van der Waals surface area (Å²) in [5.41, 5.74) is 0.623. The molecule has 13 heteroatoms. The molecule has 4 rings (SSSR count). The smallest absolute Gasteiger partial charge is 0.328 e. The maximum atomic E-state index is 12.6. The Hall–Kier alpha value is -3.67. The zero-order valence-electron chi connectivity index (χ0n) is 19.2. The summed E-state index contributed by atoms with van der Waals surface area (Å²) >= 11 is 13.2. The molecule has 0 aliphatic heterocycles. The summed E-state index contributed by atoms with van der Waals surface area (Å²) in [5, 5.41) is 12.5. The maximum absolute atomic E-state index is 12.6. The van der Waals surface area contributed by atoms with E-state index < -0.39 is 12.0 Å². The number of benzene rings is 2. The highest BCUT2D eigenvalue weighted by molar-refractivity contribution is 7.18. The topological polar surface area (TPSA) is 118 Å². The van der Waals surface area contributed by atoms with Gasteiger partial charge in [-0.05, 0) is 37.3 Å². The zero-order valence-corrected chi connectivity index (χ0v) is 21.5. The molecule has 0 spiro atoms. The lowest BCUT2D eigenvalue weighted by molar-refractivity contribution is -0.122. The summed E-state index contributed by atoms with van der Waals surface area (Å²) in [6, 6.07) is 13.5. The fourth-order valence-electron chi connectivity index (χ4n) is 2.87. The normalized spacial score (nSPS) is 11.5. The SMILES string of the molecule is COc1cc(OC)nc(Oc2ccccc2-c2nnc(NC(=O)C(C)Oc3ccc(Cl)cc3Cl)s2)n1. The molecule has 1 atom stereocenters. The molecule has 4 aromatic rings. The van der Waals surface area contributed by atoms with Crippen LogP contribution in [0.25, 0.3) is 10.6 Å². The van der Waals surface area contributed by atoms with E-state index in [1.807, 2.05) is 6.07 Å². The third kappa shape index (κ3) is 6.11. The largest absolute Gasteiger partial charge is 0.481 e. The number of aromatic nitrogens is 4. The molecule has 0 bridgehead atoms. The molecule has 0 fully saturated rings. The number of halogens is 2. The summed E-state index contributed by atoms with van der Waals surface area (Å²) in [7, 11) is 2.96. The second-order valence-electron chi connectivity index (χ2n) is 7.07. The fourth-order valence-corrected chi connectivity index (χ4v) is 4.10. The van der Waals surface area contributed by atoms with E-state index in [1.54, 1.807) is 37.3 Å². The Morgan fingerprint density at radius 2 is 1.69 bits per heavy atom. The van der Waals surface area contributed by atoms with E-state index in [0.29, 0.717) is 32.1 Å². The van der Waals surface area contributed by atoms with Crippen molar-refractivity contribution in [3.63, 3.8) is 0 Å². The van der Waals surface area contributed by atoms with Crippen LogP contribution in [0.5, 0.6) is 29.3 Å². The van der Waals surface area contributed by atoms with Crippen LogP contribution in [-0.2, 0) is 4.79 Å². The number of anilines is 1. The quantitative estimate of drug-likeness (QED) is 0.289. The standard InChI is InChI=1S/C23H19Cl2N5O5S/c1-12(34-17-9-8-13(24)10-15(17)25)20(31)28-23-30-29-21(36-23)14-6-4-5-7-16(14)35-22-26-18(32-2)11-19(27-22)33-3/h4-12H,1-3H3,(H,28,30,31). The van der Waals surface area contributed by atoms with Gasteiger partial charge in [0.2, 0.25) is 16.9 Å². The number of amides is 1. The molecule has 1 amide bonds. The molecular weight excluding hydrogens is 529 g/mol. The molecule has 36 heavy (non-hydrogen) atoms. The Morgan fingerprint density at radius 3 is 2.39 bits per heavy atom. The third-order valence-electron chi connectivity index (χ3n) is 4.62. The molecule has 186 valence electrons. The van der Waals surface area contributed by atoms with E-state index in [2.05, 4.69) is 25.5 Å². The third-order valence-corrected chi connectivity index (χ3v) is 6.02. The fraction of sp³-hybridized carbons (Fsp3) is 0.174. The van der Waals surface area contributed by atoms with Crippen LogP contribution in [0.4, 0.5) is 5.13 Å². The van der Waals surface area contributed by atoms with Crippen molar-refractivity contribution in [1.29, 1.82) is 0 Å². The number of para-hydroxylation sites is 1. The minimum absolute atomic E-state index is 0.0310. The van der Waals surface area contributed by atoms with E-state index in [9.17, 15) is 4.79 Å². The Labute approximate surface area is 220 Å². The Bertz CT molecular complexity index is 1360. The van der Waals surface area contributed by atoms with E-state index in [1.165, 1.54) is 26.4 Å². The van der Waals surface area contributed by atoms with Crippen molar-refractivity contribution < 1.29 is 23.7 Å². The molecule has 0 aliphatic rings. The van der Waals surface area contributed by atoms with Gasteiger partial charge in [-0.2, -0.15) is 9.97 Å². The predicted octanol–water partition coefficient (Wildman–Crippen LogP) is 5.52. The summed E-state index contributed by atoms with van der Waals surface area (Å²) in [6.45, 7) is 1.59. The van der Waals surface area contributed by atoms with Gasteiger partial charge in [0.1, 0.15) is 11.5 Å². The average molecular weight is 548 g/mol. The van der Waals surface area contributed by atoms with Crippen LogP contribution in [0.3, 0.4) is 0 Å². The van der Waals surface area contributed by atoms with Gasteiger partial charge in [0.15, 0.2) is 11.1 Å². The van der Waals surface area contributed by atoms with E-state index in [0.717, 1.165) is 11.3 Å². The van der Waals surface area contributed by atoms with Crippen molar-refractivity contribution in [2.75, 3.05) is 19.5 Å². The number of carbonyl (C=O) groups excluding carboxylic acids is 1. The van der Waals surface area contributed by atoms with E-state index in [4.69, 9.17) is 42.1 Å². The van der Waals surface area contributed by atoms with Gasteiger partial charge < -0.3 is 18.9 Å². The van der Waals surface area contributed by atoms with Crippen LogP contribution < -0.4 is 24.3 Å². The summed E-state index contributed by atoms with van der Waals surface area (Å²) in [4.78, 5) is 21.0. The Balaban J connectivity index is 1.48. The molecule has 1 N–H and O–H groups in total. The Morgan fingerprint density at radius 1 is 0.972 bits per heavy atom. The van der Waals surface area contributed by atoms with Crippen molar-refractivity contribution in [3.05, 3.63) is 58.6 Å². The summed E-state index contributed by atoms with van der Waals surface area (Å²) < 4.78 is 21.9. The molecule has 0 saturated heterocycles. The Kier molecular flexibility index (Phi) is 8.04. The van der Waals surface area contributed by atoms with Crippen LogP contribution in [-0.4, -0.2) is 46.4 Å². The lowest BCUT2D eigenvalue weighted by Gasteiger charge is -2.14. The second kappa shape index (κ2) is 11.4. The number of nitrogens with zero attached hydrogens (tertiary/aromatic N) is 4. The number of hydrogen-bond acceptors (Lipinski definition) is 10. The molecule has 0 radical (unpaired) electrons. The lowest BCUT2D eigenvalue weighted by Crippen LogP contribution is -2.30. The highest BCUT2D eigenvalue weighted by Crippen LogP contribution is 2.36. The first-order chi connectivity index (χ1) is 17.4. The van der Waals surface area contributed by atoms with Crippen molar-refractivity contribution in [3.8, 4) is 39.8 Å². The van der Waals surface area contributed by atoms with Crippen LogP contribution in [0.15, 0.2) is 48.5 Å². The molecule has 0 saturated carbocycles. The van der Waals surface area contributed by atoms with Gasteiger partial charge in [-0.25, -0.2) is 0 Å². The molecule has 2 aromatic heterocycles. The first-order valence-electron chi connectivity index (χ1n) is 10.4. The molecular formula is C23H19Cl2N5O5S. The first kappa shape index (κ1) is 25.4. The number of nitrogens with one attached hydrogen (secondary N) is 1. The van der Waals surface area contributed by atoms with Gasteiger partial charge in [-0.1, -0.05) is 46.7 Å². The number of ether oxygens (including phenoxy) is 4. The van der Waals surface area contributed by atoms with Crippen LogP contribution in [0.1, 0.15) is 6.92 Å². The molecule has 2 aromatic carbocycles. The first-order valence-corrected chi connectivity index (χ1v) is 11.9. The summed E-state index contributed by atoms with van der Waals surface area (Å²) in [6.07, 6.45) is -0.855. The highest BCUT2D eigenvalue weighted by atomic mass is 35.5. The summed E-state index contributed by atoms with van der Waals surface area (Å²) in [5.74, 6) is 0.906. The van der Waals surface area contributed by atoms with Crippen LogP contribution in [0, 0.1) is 0 Å². The number of hydrogen-bond donors (Lipinski definition) is 1. The lowest BCUT2D eigenvalue weighted by atomic mass is 10.2. The van der Waals surface area contributed by atoms with Crippen molar-refractivity contribution >= 4 is 45.6 Å². The predicted molar refractivity (Wildman–Crippen MR) is 136 cm³/mol. The molecule has 0 aliphatic carbocycles. The zero-order chi connectivity index (χ0) is 25.7. The van der Waals surface area contributed by atoms with Crippen molar-refractivity contribution in [1.82, 2.24) is 20.2 Å². The van der Waals surface area contributed by atoms with Gasteiger partial charge in [0.05, 0.1) is 30.9 Å². The van der Waals surface area contributed by atoms with Gasteiger partial charge in [-0.15, -0.1) is 10.2 Å². The molecule has 10 nitrogen and oxygen atoms in total. The van der Waals surface area contributed by atoms with Crippen LogP contribution >= 0.6 is 34.5 Å². The van der Waals surface area contributed by atoms with E-state index in [-0.39, 0.29) is 22.9 Å². The monoisotopic (exact) mass is 547 g/mol. The van der Waals surface area contributed by atoms with Gasteiger partial charge in [0, 0.05) is 5.02 Å². The molecule has 2 heterocycles.